The van der Waals surface area contributed by atoms with E-state index >= 15 is 0 Å². The first kappa shape index (κ1) is 28.9. The van der Waals surface area contributed by atoms with E-state index in [2.05, 4.69) is 10.3 Å². The van der Waals surface area contributed by atoms with Gasteiger partial charge in [-0.25, -0.2) is 4.98 Å². The van der Waals surface area contributed by atoms with Crippen LogP contribution in [0.2, 0.25) is 0 Å². The third-order valence-electron chi connectivity index (χ3n) is 7.77. The summed E-state index contributed by atoms with van der Waals surface area (Å²) in [4.78, 5) is 31.9. The molecule has 1 atom stereocenters. The van der Waals surface area contributed by atoms with Crippen LogP contribution in [0.3, 0.4) is 0 Å². The van der Waals surface area contributed by atoms with Crippen LogP contribution < -0.4 is 5.32 Å². The van der Waals surface area contributed by atoms with Gasteiger partial charge in [0, 0.05) is 43.2 Å². The summed E-state index contributed by atoms with van der Waals surface area (Å²) in [5.41, 5.74) is -1.32. The van der Waals surface area contributed by atoms with Crippen LogP contribution in [-0.4, -0.2) is 44.5 Å². The number of rotatable bonds is 4. The number of carbonyl (C=O) groups is 2. The molecule has 40 heavy (non-hydrogen) atoms. The van der Waals surface area contributed by atoms with Crippen LogP contribution in [-0.2, 0) is 18.0 Å². The number of pyridine rings is 1. The van der Waals surface area contributed by atoms with Gasteiger partial charge in [-0.2, -0.15) is 18.4 Å². The predicted octanol–water partition coefficient (Wildman–Crippen LogP) is 5.81. The summed E-state index contributed by atoms with van der Waals surface area (Å²) < 4.78 is 45.4. The van der Waals surface area contributed by atoms with Gasteiger partial charge in [-0.3, -0.25) is 9.59 Å². The molecule has 1 fully saturated rings. The lowest BCUT2D eigenvalue weighted by Gasteiger charge is -2.37. The number of aromatic hydroxyl groups is 1. The van der Waals surface area contributed by atoms with E-state index in [1.54, 1.807) is 28.8 Å². The van der Waals surface area contributed by atoms with Crippen molar-refractivity contribution < 1.29 is 27.9 Å². The molecule has 0 unspecified atom stereocenters. The Morgan fingerprint density at radius 3 is 2.40 bits per heavy atom. The number of benzene rings is 1. The summed E-state index contributed by atoms with van der Waals surface area (Å²) in [5, 5.41) is 21.1. The highest BCUT2D eigenvalue weighted by Gasteiger charge is 2.40. The van der Waals surface area contributed by atoms with Gasteiger partial charge in [0.25, 0.3) is 5.91 Å². The maximum atomic E-state index is 14.6. The molecule has 1 aliphatic heterocycles. The van der Waals surface area contributed by atoms with Gasteiger partial charge in [0.05, 0.1) is 29.1 Å². The lowest BCUT2D eigenvalue weighted by Crippen LogP contribution is -2.43. The topological polar surface area (TPSA) is 111 Å². The van der Waals surface area contributed by atoms with Gasteiger partial charge in [-0.05, 0) is 47.9 Å². The zero-order valence-electron chi connectivity index (χ0n) is 23.1. The summed E-state index contributed by atoms with van der Waals surface area (Å²) in [7, 11) is 1.62. The summed E-state index contributed by atoms with van der Waals surface area (Å²) in [6.07, 6.45) is -1.22. The number of nitrogens with one attached hydrogen (secondary N) is 1. The highest BCUT2D eigenvalue weighted by Crippen LogP contribution is 2.44. The molecular formula is C29H32F3N5O3. The van der Waals surface area contributed by atoms with E-state index in [0.717, 1.165) is 18.3 Å². The number of hydrogen-bond donors (Lipinski definition) is 2. The molecule has 0 radical (unpaired) electrons. The molecule has 0 bridgehead atoms. The van der Waals surface area contributed by atoms with Crippen molar-refractivity contribution in [3.63, 3.8) is 0 Å². The fraction of sp³-hybridized carbons (Fsp3) is 0.448. The van der Waals surface area contributed by atoms with Crippen LogP contribution in [0.25, 0.3) is 11.0 Å². The fourth-order valence-electron chi connectivity index (χ4n) is 5.13. The van der Waals surface area contributed by atoms with Crippen molar-refractivity contribution in [3.05, 3.63) is 52.8 Å². The molecule has 1 saturated heterocycles. The molecule has 1 aliphatic rings. The molecule has 1 aromatic carbocycles. The van der Waals surface area contributed by atoms with Crippen LogP contribution >= 0.6 is 0 Å². The van der Waals surface area contributed by atoms with Gasteiger partial charge in [0.1, 0.15) is 11.4 Å². The zero-order valence-corrected chi connectivity index (χ0v) is 23.1. The van der Waals surface area contributed by atoms with E-state index < -0.39 is 23.3 Å². The third-order valence-corrected chi connectivity index (χ3v) is 7.77. The van der Waals surface area contributed by atoms with E-state index in [1.165, 1.54) is 6.07 Å². The number of aromatic nitrogens is 2. The SMILES string of the molecule is C[C@@H](C(=O)N1CCC(c2cn(C)c3ncc(NC(=O)c4cc(O)cc(C#N)c4)c(C(F)(F)F)c23)CC1)C(C)(C)C. The first-order valence-corrected chi connectivity index (χ1v) is 13.0. The Morgan fingerprint density at radius 1 is 1.18 bits per heavy atom. The molecule has 2 N–H and O–H groups in total. The minimum Gasteiger partial charge on any atom is -0.508 e. The van der Waals surface area contributed by atoms with Gasteiger partial charge in [-0.1, -0.05) is 27.7 Å². The number of piperidine rings is 1. The van der Waals surface area contributed by atoms with Crippen LogP contribution in [0.1, 0.15) is 73.5 Å². The predicted molar refractivity (Wildman–Crippen MR) is 144 cm³/mol. The number of aryl methyl sites for hydroxylation is 1. The first-order chi connectivity index (χ1) is 18.6. The molecule has 0 spiro atoms. The molecule has 2 aromatic heterocycles. The van der Waals surface area contributed by atoms with E-state index in [-0.39, 0.29) is 51.1 Å². The Hall–Kier alpha value is -4.07. The maximum absolute atomic E-state index is 14.6. The molecular weight excluding hydrogens is 523 g/mol. The molecule has 3 aromatic rings. The molecule has 4 rings (SSSR count). The minimum absolute atomic E-state index is 0.0122. The Balaban J connectivity index is 1.70. The van der Waals surface area contributed by atoms with Gasteiger partial charge in [0.2, 0.25) is 5.91 Å². The summed E-state index contributed by atoms with van der Waals surface area (Å²) in [6.45, 7) is 8.78. The van der Waals surface area contributed by atoms with Gasteiger partial charge < -0.3 is 19.9 Å². The number of hydrogen-bond acceptors (Lipinski definition) is 5. The Labute approximate surface area is 230 Å². The standard InChI is InChI=1S/C29H32F3N5O3/c1-16(28(2,3)4)27(40)37-8-6-18(7-9-37)21-15-36(5)25-23(21)24(29(30,31)32)22(14-34-25)35-26(39)19-10-17(13-33)11-20(38)12-19/h10-12,14-16,18,38H,6-9H2,1-5H3,(H,35,39)/t16-/m0/s1. The molecule has 11 heteroatoms. The molecule has 212 valence electrons. The average molecular weight is 556 g/mol. The van der Waals surface area contributed by atoms with Crippen molar-refractivity contribution in [1.29, 1.82) is 5.26 Å². The van der Waals surface area contributed by atoms with Crippen LogP contribution in [0.5, 0.6) is 5.75 Å². The number of alkyl halides is 3. The van der Waals surface area contributed by atoms with Gasteiger partial charge in [0.15, 0.2) is 0 Å². The second kappa shape index (κ2) is 10.5. The highest BCUT2D eigenvalue weighted by atomic mass is 19.4. The number of halogens is 3. The maximum Gasteiger partial charge on any atom is 0.419 e. The average Bonchev–Trinajstić information content (AvgIpc) is 3.22. The number of phenols is 1. The highest BCUT2D eigenvalue weighted by molar-refractivity contribution is 6.06. The molecule has 3 heterocycles. The van der Waals surface area contributed by atoms with Gasteiger partial charge in [-0.15, -0.1) is 0 Å². The van der Waals surface area contributed by atoms with Crippen molar-refractivity contribution in [2.45, 2.75) is 52.6 Å². The number of anilines is 1. The van der Waals surface area contributed by atoms with E-state index in [4.69, 9.17) is 5.26 Å². The number of fused-ring (bicyclic) bond motifs is 1. The Bertz CT molecular complexity index is 1510. The van der Waals surface area contributed by atoms with Crippen LogP contribution in [0.15, 0.2) is 30.6 Å². The summed E-state index contributed by atoms with van der Waals surface area (Å²) in [5.74, 6) is -1.67. The van der Waals surface area contributed by atoms with Crippen molar-refractivity contribution in [2.75, 3.05) is 18.4 Å². The van der Waals surface area contributed by atoms with Crippen molar-refractivity contribution in [3.8, 4) is 11.8 Å². The lowest BCUT2D eigenvalue weighted by atomic mass is 9.80. The number of likely N-dealkylation sites (tertiary alicyclic amines) is 1. The van der Waals surface area contributed by atoms with Crippen LogP contribution in [0, 0.1) is 22.7 Å². The zero-order chi connectivity index (χ0) is 29.6. The number of phenolic OH excluding ortho intramolecular Hbond substituents is 1. The molecule has 8 nitrogen and oxygen atoms in total. The lowest BCUT2D eigenvalue weighted by molar-refractivity contribution is -0.139. The van der Waals surface area contributed by atoms with E-state index in [0.29, 0.717) is 31.5 Å². The van der Waals surface area contributed by atoms with Crippen molar-refractivity contribution >= 4 is 28.5 Å². The second-order valence-corrected chi connectivity index (χ2v) is 11.5. The van der Waals surface area contributed by atoms with Crippen molar-refractivity contribution in [2.24, 2.45) is 18.4 Å². The number of amides is 2. The number of carbonyl (C=O) groups excluding carboxylic acids is 2. The molecule has 0 saturated carbocycles. The minimum atomic E-state index is -4.82. The van der Waals surface area contributed by atoms with Gasteiger partial charge >= 0.3 is 6.18 Å². The first-order valence-electron chi connectivity index (χ1n) is 13.0. The Kier molecular flexibility index (Phi) is 7.58. The fourth-order valence-corrected chi connectivity index (χ4v) is 5.13. The summed E-state index contributed by atoms with van der Waals surface area (Å²) >= 11 is 0. The third kappa shape index (κ3) is 5.62. The van der Waals surface area contributed by atoms with E-state index in [1.807, 2.05) is 27.7 Å². The summed E-state index contributed by atoms with van der Waals surface area (Å²) in [6, 6.07) is 5.19. The van der Waals surface area contributed by atoms with Crippen molar-refractivity contribution in [1.82, 2.24) is 14.5 Å². The monoisotopic (exact) mass is 555 g/mol. The second-order valence-electron chi connectivity index (χ2n) is 11.5. The van der Waals surface area contributed by atoms with Crippen LogP contribution in [0.4, 0.5) is 18.9 Å². The molecule has 2 amide bonds. The largest absolute Gasteiger partial charge is 0.508 e. The smallest absolute Gasteiger partial charge is 0.419 e. The molecule has 0 aliphatic carbocycles. The quantitative estimate of drug-likeness (QED) is 0.422. The number of nitriles is 1. The Morgan fingerprint density at radius 2 is 1.82 bits per heavy atom. The number of nitrogens with zero attached hydrogens (tertiary/aromatic N) is 4. The normalized spacial score (nSPS) is 15.6. The van der Waals surface area contributed by atoms with E-state index in [9.17, 15) is 27.9 Å².